The maximum Gasteiger partial charge on any atom is 0.303 e. The van der Waals surface area contributed by atoms with Crippen LogP contribution in [0.4, 0.5) is 4.39 Å². The van der Waals surface area contributed by atoms with Crippen LogP contribution in [0.5, 0.6) is 5.88 Å². The molecular formula is C18H18FN3O3. The number of carboxylic acid groups (broad SMARTS) is 1. The van der Waals surface area contributed by atoms with E-state index in [4.69, 9.17) is 9.84 Å². The number of nitrogens with zero attached hydrogens (tertiary/aromatic N) is 3. The minimum atomic E-state index is -0.881. The first kappa shape index (κ1) is 16.9. The van der Waals surface area contributed by atoms with Crippen LogP contribution in [0.15, 0.2) is 24.3 Å². The van der Waals surface area contributed by atoms with Crippen LogP contribution >= 0.6 is 0 Å². The molecule has 0 fully saturated rings. The number of aromatic nitrogens is 3. The third-order valence-corrected chi connectivity index (χ3v) is 4.16. The molecule has 0 aliphatic heterocycles. The highest BCUT2D eigenvalue weighted by Crippen LogP contribution is 2.31. The summed E-state index contributed by atoms with van der Waals surface area (Å²) in [5.74, 6) is -0.877. The van der Waals surface area contributed by atoms with Crippen molar-refractivity contribution in [2.75, 3.05) is 7.11 Å². The standard InChI is InChI=1S/C18H18FN3O3/c1-10-14(7-8-15(23)24)18(25-3)20-17-16(10)11(2)21-22(17)13-6-4-5-12(19)9-13/h4-6,9H,7-8H2,1-3H3,(H,23,24). The Bertz CT molecular complexity index is 966. The van der Waals surface area contributed by atoms with Crippen molar-refractivity contribution in [3.8, 4) is 11.6 Å². The fourth-order valence-electron chi connectivity index (χ4n) is 3.02. The molecule has 25 heavy (non-hydrogen) atoms. The molecule has 2 aromatic heterocycles. The van der Waals surface area contributed by atoms with Crippen LogP contribution in [0.1, 0.15) is 23.2 Å². The van der Waals surface area contributed by atoms with Gasteiger partial charge >= 0.3 is 5.97 Å². The molecule has 130 valence electrons. The number of carboxylic acids is 1. The van der Waals surface area contributed by atoms with Gasteiger partial charge in [-0.15, -0.1) is 0 Å². The van der Waals surface area contributed by atoms with Gasteiger partial charge in [-0.2, -0.15) is 10.1 Å². The summed E-state index contributed by atoms with van der Waals surface area (Å²) in [5, 5.41) is 14.3. The van der Waals surface area contributed by atoms with Gasteiger partial charge in [0.05, 0.1) is 18.5 Å². The van der Waals surface area contributed by atoms with Crippen molar-refractivity contribution in [1.29, 1.82) is 0 Å². The highest BCUT2D eigenvalue weighted by atomic mass is 19.1. The zero-order chi connectivity index (χ0) is 18.1. The smallest absolute Gasteiger partial charge is 0.303 e. The zero-order valence-electron chi connectivity index (χ0n) is 14.2. The van der Waals surface area contributed by atoms with Crippen LogP contribution in [0, 0.1) is 19.7 Å². The maximum absolute atomic E-state index is 13.6. The van der Waals surface area contributed by atoms with Crippen LogP contribution in [0.25, 0.3) is 16.7 Å². The van der Waals surface area contributed by atoms with Gasteiger partial charge in [-0.25, -0.2) is 9.07 Å². The number of ether oxygens (including phenoxy) is 1. The van der Waals surface area contributed by atoms with Crippen LogP contribution < -0.4 is 4.74 Å². The highest BCUT2D eigenvalue weighted by molar-refractivity contribution is 5.85. The molecule has 0 saturated heterocycles. The molecule has 3 aromatic rings. The number of halogens is 1. The van der Waals surface area contributed by atoms with Crippen molar-refractivity contribution >= 4 is 17.0 Å². The predicted octanol–water partition coefficient (Wildman–Crippen LogP) is 3.20. The van der Waals surface area contributed by atoms with Crippen molar-refractivity contribution in [2.24, 2.45) is 0 Å². The van der Waals surface area contributed by atoms with Crippen molar-refractivity contribution < 1.29 is 19.0 Å². The molecule has 0 unspecified atom stereocenters. The first-order chi connectivity index (χ1) is 11.9. The zero-order valence-corrected chi connectivity index (χ0v) is 14.2. The average molecular weight is 343 g/mol. The summed E-state index contributed by atoms with van der Waals surface area (Å²) in [7, 11) is 1.49. The number of rotatable bonds is 5. The van der Waals surface area contributed by atoms with Crippen LogP contribution in [0.3, 0.4) is 0 Å². The molecule has 0 bridgehead atoms. The first-order valence-corrected chi connectivity index (χ1v) is 7.83. The van der Waals surface area contributed by atoms with E-state index >= 15 is 0 Å². The molecule has 0 radical (unpaired) electrons. The van der Waals surface area contributed by atoms with Crippen LogP contribution in [-0.4, -0.2) is 33.0 Å². The number of hydrogen-bond donors (Lipinski definition) is 1. The number of fused-ring (bicyclic) bond motifs is 1. The summed E-state index contributed by atoms with van der Waals surface area (Å²) in [6.45, 7) is 3.74. The third kappa shape index (κ3) is 3.05. The van der Waals surface area contributed by atoms with Gasteiger partial charge in [-0.05, 0) is 44.0 Å². The molecule has 0 amide bonds. The van der Waals surface area contributed by atoms with Gasteiger partial charge in [0, 0.05) is 17.4 Å². The molecule has 2 heterocycles. The van der Waals surface area contributed by atoms with Gasteiger partial charge in [-0.3, -0.25) is 4.79 Å². The molecule has 0 atom stereocenters. The third-order valence-electron chi connectivity index (χ3n) is 4.16. The number of pyridine rings is 1. The van der Waals surface area contributed by atoms with E-state index in [0.29, 0.717) is 23.6 Å². The fraction of sp³-hybridized carbons (Fsp3) is 0.278. The quantitative estimate of drug-likeness (QED) is 0.770. The maximum atomic E-state index is 13.6. The van der Waals surface area contributed by atoms with Gasteiger partial charge < -0.3 is 9.84 Å². The second kappa shape index (κ2) is 6.51. The van der Waals surface area contributed by atoms with E-state index in [1.165, 1.54) is 19.2 Å². The number of benzene rings is 1. The van der Waals surface area contributed by atoms with Gasteiger partial charge in [0.2, 0.25) is 5.88 Å². The van der Waals surface area contributed by atoms with Crippen LogP contribution in [-0.2, 0) is 11.2 Å². The van der Waals surface area contributed by atoms with E-state index in [2.05, 4.69) is 10.1 Å². The molecule has 0 aliphatic rings. The fourth-order valence-corrected chi connectivity index (χ4v) is 3.02. The topological polar surface area (TPSA) is 77.2 Å². The van der Waals surface area contributed by atoms with Crippen molar-refractivity contribution in [3.05, 3.63) is 46.9 Å². The molecule has 1 N–H and O–H groups in total. The second-order valence-corrected chi connectivity index (χ2v) is 5.79. The van der Waals surface area contributed by atoms with E-state index in [-0.39, 0.29) is 12.2 Å². The lowest BCUT2D eigenvalue weighted by Crippen LogP contribution is -2.05. The van der Waals surface area contributed by atoms with E-state index < -0.39 is 5.97 Å². The van der Waals surface area contributed by atoms with E-state index in [9.17, 15) is 9.18 Å². The SMILES string of the molecule is COc1nc2c(c(C)nn2-c2cccc(F)c2)c(C)c1CCC(=O)O. The Balaban J connectivity index is 2.24. The summed E-state index contributed by atoms with van der Waals surface area (Å²) >= 11 is 0. The molecule has 6 nitrogen and oxygen atoms in total. The first-order valence-electron chi connectivity index (χ1n) is 7.83. The van der Waals surface area contributed by atoms with E-state index in [1.807, 2.05) is 13.8 Å². The molecule has 3 rings (SSSR count). The molecule has 0 spiro atoms. The van der Waals surface area contributed by atoms with Crippen LogP contribution in [0.2, 0.25) is 0 Å². The van der Waals surface area contributed by atoms with E-state index in [0.717, 1.165) is 22.2 Å². The number of aryl methyl sites for hydroxylation is 2. The van der Waals surface area contributed by atoms with Gasteiger partial charge in [0.15, 0.2) is 5.65 Å². The molecule has 1 aromatic carbocycles. The lowest BCUT2D eigenvalue weighted by molar-refractivity contribution is -0.136. The number of carbonyl (C=O) groups is 1. The number of hydrogen-bond acceptors (Lipinski definition) is 4. The van der Waals surface area contributed by atoms with Gasteiger partial charge in [0.25, 0.3) is 0 Å². The predicted molar refractivity (Wildman–Crippen MR) is 90.8 cm³/mol. The average Bonchev–Trinajstić information content (AvgIpc) is 2.90. The second-order valence-electron chi connectivity index (χ2n) is 5.79. The van der Waals surface area contributed by atoms with Crippen molar-refractivity contribution in [1.82, 2.24) is 14.8 Å². The minimum Gasteiger partial charge on any atom is -0.481 e. The van der Waals surface area contributed by atoms with Gasteiger partial charge in [0.1, 0.15) is 5.82 Å². The van der Waals surface area contributed by atoms with Gasteiger partial charge in [-0.1, -0.05) is 6.07 Å². The Hall–Kier alpha value is -2.96. The Labute approximate surface area is 143 Å². The molecule has 0 saturated carbocycles. The molecular weight excluding hydrogens is 325 g/mol. The summed E-state index contributed by atoms with van der Waals surface area (Å²) in [6, 6.07) is 6.11. The van der Waals surface area contributed by atoms with E-state index in [1.54, 1.807) is 16.8 Å². The largest absolute Gasteiger partial charge is 0.481 e. The lowest BCUT2D eigenvalue weighted by Gasteiger charge is -2.12. The Morgan fingerprint density at radius 2 is 2.12 bits per heavy atom. The Morgan fingerprint density at radius 1 is 1.36 bits per heavy atom. The summed E-state index contributed by atoms with van der Waals surface area (Å²) in [6.07, 6.45) is 0.305. The Kier molecular flexibility index (Phi) is 4.39. The normalized spacial score (nSPS) is 11.0. The minimum absolute atomic E-state index is 0.0124. The Morgan fingerprint density at radius 3 is 2.76 bits per heavy atom. The summed E-state index contributed by atoms with van der Waals surface area (Å²) in [4.78, 5) is 15.4. The lowest BCUT2D eigenvalue weighted by atomic mass is 10.0. The number of methoxy groups -OCH3 is 1. The summed E-state index contributed by atoms with van der Waals surface area (Å²) in [5.41, 5.74) is 3.48. The van der Waals surface area contributed by atoms with Crippen molar-refractivity contribution in [3.63, 3.8) is 0 Å². The molecule has 7 heteroatoms. The monoisotopic (exact) mass is 343 g/mol. The van der Waals surface area contributed by atoms with Crippen molar-refractivity contribution in [2.45, 2.75) is 26.7 Å². The highest BCUT2D eigenvalue weighted by Gasteiger charge is 2.20. The summed E-state index contributed by atoms with van der Waals surface area (Å²) < 4.78 is 20.5. The molecule has 0 aliphatic carbocycles. The number of aliphatic carboxylic acids is 1.